The van der Waals surface area contributed by atoms with Gasteiger partial charge in [-0.1, -0.05) is 6.07 Å². The van der Waals surface area contributed by atoms with Crippen LogP contribution in [0.2, 0.25) is 0 Å². The molecule has 7 heteroatoms. The number of aliphatic hydroxyl groups is 2. The number of ether oxygens (including phenoxy) is 2. The van der Waals surface area contributed by atoms with Gasteiger partial charge in [-0.25, -0.2) is 0 Å². The maximum atomic E-state index is 11.0. The number of carbonyl (C=O) groups is 1. The highest BCUT2D eigenvalue weighted by molar-refractivity contribution is 8.00. The Kier molecular flexibility index (Phi) is 3.83. The van der Waals surface area contributed by atoms with E-state index >= 15 is 0 Å². The zero-order valence-corrected chi connectivity index (χ0v) is 12.2. The van der Waals surface area contributed by atoms with Crippen LogP contribution >= 0.6 is 11.8 Å². The Morgan fingerprint density at radius 1 is 1.38 bits per heavy atom. The zero-order valence-electron chi connectivity index (χ0n) is 11.4. The molecule has 4 N–H and O–H groups in total. The first-order valence-electron chi connectivity index (χ1n) is 6.72. The van der Waals surface area contributed by atoms with Crippen molar-refractivity contribution in [3.05, 3.63) is 23.8 Å². The predicted molar refractivity (Wildman–Crippen MR) is 76.0 cm³/mol. The number of benzene rings is 1. The van der Waals surface area contributed by atoms with Crippen LogP contribution in [0.5, 0.6) is 5.75 Å². The van der Waals surface area contributed by atoms with Crippen molar-refractivity contribution in [3.63, 3.8) is 0 Å². The molecule has 3 rings (SSSR count). The van der Waals surface area contributed by atoms with Crippen LogP contribution in [0.4, 0.5) is 0 Å². The summed E-state index contributed by atoms with van der Waals surface area (Å²) in [5.74, 6) is 0.241. The lowest BCUT2D eigenvalue weighted by Crippen LogP contribution is -2.57. The predicted octanol–water partition coefficient (Wildman–Crippen LogP) is 0.0341. The van der Waals surface area contributed by atoms with Crippen molar-refractivity contribution < 1.29 is 24.5 Å². The number of hydrogen-bond donors (Lipinski definition) is 3. The minimum atomic E-state index is -0.947. The number of fused-ring (bicyclic) bond motifs is 2. The van der Waals surface area contributed by atoms with Crippen LogP contribution < -0.4 is 10.5 Å². The van der Waals surface area contributed by atoms with Gasteiger partial charge in [-0.05, 0) is 24.6 Å². The molecule has 1 fully saturated rings. The van der Waals surface area contributed by atoms with Gasteiger partial charge in [0.05, 0.1) is 17.4 Å². The molecule has 0 bridgehead atoms. The van der Waals surface area contributed by atoms with E-state index in [1.807, 2.05) is 6.07 Å². The number of rotatable bonds is 2. The second kappa shape index (κ2) is 5.49. The lowest BCUT2D eigenvalue weighted by atomic mass is 10.0. The third-order valence-electron chi connectivity index (χ3n) is 3.68. The second-order valence-corrected chi connectivity index (χ2v) is 6.54. The van der Waals surface area contributed by atoms with E-state index in [0.717, 1.165) is 10.5 Å². The molecule has 0 unspecified atom stereocenters. The summed E-state index contributed by atoms with van der Waals surface area (Å²) in [6, 6.07) is 5.36. The fourth-order valence-electron chi connectivity index (χ4n) is 2.55. The number of hydrogen-bond acceptors (Lipinski definition) is 6. The number of thioether (sulfide) groups is 1. The summed E-state index contributed by atoms with van der Waals surface area (Å²) in [4.78, 5) is 11.8. The van der Waals surface area contributed by atoms with Crippen molar-refractivity contribution in [1.82, 2.24) is 0 Å². The Bertz CT molecular complexity index is 566. The Hall–Kier alpha value is -1.28. The quantitative estimate of drug-likeness (QED) is 0.712. The van der Waals surface area contributed by atoms with Crippen molar-refractivity contribution in [2.75, 3.05) is 0 Å². The number of nitrogens with two attached hydrogens (primary N) is 1. The molecule has 1 amide bonds. The third-order valence-corrected chi connectivity index (χ3v) is 5.02. The van der Waals surface area contributed by atoms with Gasteiger partial charge in [0, 0.05) is 0 Å². The van der Waals surface area contributed by atoms with Gasteiger partial charge < -0.3 is 25.4 Å². The van der Waals surface area contributed by atoms with E-state index in [2.05, 4.69) is 0 Å². The maximum Gasteiger partial charge on any atom is 0.221 e. The van der Waals surface area contributed by atoms with Crippen LogP contribution in [0.15, 0.2) is 23.1 Å². The molecule has 2 heterocycles. The molecule has 1 aromatic carbocycles. The number of carbonyl (C=O) groups excluding carboxylic acids is 1. The standard InChI is InChI=1S/C14H17NO5S/c1-6-11(17)12(18)13-14(19-6)20-8-3-2-7(5-10(15)16)4-9(8)21-13/h2-4,6,11-14,17-18H,5H2,1H3,(H2,15,16)/t6-,11+,12+,13-,14-/m0/s1. The first kappa shape index (κ1) is 14.6. The van der Waals surface area contributed by atoms with Gasteiger partial charge in [0.25, 0.3) is 0 Å². The first-order chi connectivity index (χ1) is 9.95. The molecule has 1 saturated heterocycles. The van der Waals surface area contributed by atoms with Crippen LogP contribution in [0.1, 0.15) is 12.5 Å². The lowest BCUT2D eigenvalue weighted by Gasteiger charge is -2.43. The van der Waals surface area contributed by atoms with Crippen molar-refractivity contribution in [3.8, 4) is 5.75 Å². The summed E-state index contributed by atoms with van der Waals surface area (Å²) >= 11 is 1.38. The average molecular weight is 311 g/mol. The van der Waals surface area contributed by atoms with E-state index < -0.39 is 35.8 Å². The van der Waals surface area contributed by atoms with E-state index in [9.17, 15) is 15.0 Å². The van der Waals surface area contributed by atoms with Crippen LogP contribution in [0, 0.1) is 0 Å². The molecule has 6 nitrogen and oxygen atoms in total. The summed E-state index contributed by atoms with van der Waals surface area (Å²) < 4.78 is 11.4. The first-order valence-corrected chi connectivity index (χ1v) is 7.60. The molecule has 0 aliphatic carbocycles. The van der Waals surface area contributed by atoms with E-state index in [0.29, 0.717) is 5.75 Å². The molecular weight excluding hydrogens is 294 g/mol. The minimum absolute atomic E-state index is 0.153. The Morgan fingerprint density at radius 2 is 2.14 bits per heavy atom. The molecule has 0 spiro atoms. The van der Waals surface area contributed by atoms with Crippen LogP contribution in [-0.4, -0.2) is 46.0 Å². The SMILES string of the molecule is C[C@@H]1O[C@H]2Oc3ccc(CC(N)=O)cc3S[C@H]2[C@H](O)[C@@H]1O. The van der Waals surface area contributed by atoms with Crippen molar-refractivity contribution >= 4 is 17.7 Å². The van der Waals surface area contributed by atoms with Crippen LogP contribution in [0.25, 0.3) is 0 Å². The zero-order chi connectivity index (χ0) is 15.1. The second-order valence-electron chi connectivity index (χ2n) is 5.32. The fraction of sp³-hybridized carbons (Fsp3) is 0.500. The highest BCUT2D eigenvalue weighted by atomic mass is 32.2. The van der Waals surface area contributed by atoms with Crippen molar-refractivity contribution in [1.29, 1.82) is 0 Å². The number of aliphatic hydroxyl groups excluding tert-OH is 2. The maximum absolute atomic E-state index is 11.0. The summed E-state index contributed by atoms with van der Waals surface area (Å²) in [7, 11) is 0. The lowest BCUT2D eigenvalue weighted by molar-refractivity contribution is -0.213. The number of primary amides is 1. The van der Waals surface area contributed by atoms with Crippen molar-refractivity contribution in [2.24, 2.45) is 5.73 Å². The van der Waals surface area contributed by atoms with E-state index in [1.54, 1.807) is 19.1 Å². The van der Waals surface area contributed by atoms with Gasteiger partial charge in [0.2, 0.25) is 12.2 Å². The molecular formula is C14H17NO5S. The molecule has 5 atom stereocenters. The van der Waals surface area contributed by atoms with Gasteiger partial charge >= 0.3 is 0 Å². The molecule has 0 aromatic heterocycles. The van der Waals surface area contributed by atoms with Crippen LogP contribution in [-0.2, 0) is 16.0 Å². The molecule has 21 heavy (non-hydrogen) atoms. The summed E-state index contributed by atoms with van der Waals surface area (Å²) in [6.45, 7) is 1.70. The highest BCUT2D eigenvalue weighted by Crippen LogP contribution is 2.44. The third kappa shape index (κ3) is 2.74. The van der Waals surface area contributed by atoms with Gasteiger partial charge in [-0.2, -0.15) is 0 Å². The van der Waals surface area contributed by atoms with Crippen molar-refractivity contribution in [2.45, 2.75) is 48.1 Å². The summed E-state index contributed by atoms with van der Waals surface area (Å²) in [5, 5.41) is 19.7. The molecule has 1 aromatic rings. The Balaban J connectivity index is 1.86. The fourth-order valence-corrected chi connectivity index (χ4v) is 3.82. The van der Waals surface area contributed by atoms with E-state index in [1.165, 1.54) is 11.8 Å². The smallest absolute Gasteiger partial charge is 0.221 e. The Morgan fingerprint density at radius 3 is 2.86 bits per heavy atom. The molecule has 0 saturated carbocycles. The van der Waals surface area contributed by atoms with Gasteiger partial charge in [0.15, 0.2) is 0 Å². The average Bonchev–Trinajstić information content (AvgIpc) is 2.43. The highest BCUT2D eigenvalue weighted by Gasteiger charge is 2.46. The summed E-state index contributed by atoms with van der Waals surface area (Å²) in [6.07, 6.45) is -2.81. The summed E-state index contributed by atoms with van der Waals surface area (Å²) in [5.41, 5.74) is 5.98. The Labute approximate surface area is 126 Å². The van der Waals surface area contributed by atoms with E-state index in [4.69, 9.17) is 15.2 Å². The molecule has 2 aliphatic heterocycles. The molecule has 114 valence electrons. The molecule has 2 aliphatic rings. The largest absolute Gasteiger partial charge is 0.462 e. The minimum Gasteiger partial charge on any atom is -0.462 e. The molecule has 0 radical (unpaired) electrons. The number of amides is 1. The monoisotopic (exact) mass is 311 g/mol. The van der Waals surface area contributed by atoms with Gasteiger partial charge in [-0.3, -0.25) is 4.79 Å². The normalized spacial score (nSPS) is 34.5. The van der Waals surface area contributed by atoms with Gasteiger partial charge in [0.1, 0.15) is 23.2 Å². The van der Waals surface area contributed by atoms with E-state index in [-0.39, 0.29) is 6.42 Å². The van der Waals surface area contributed by atoms with Gasteiger partial charge in [-0.15, -0.1) is 11.8 Å². The topological polar surface area (TPSA) is 102 Å². The van der Waals surface area contributed by atoms with Crippen LogP contribution in [0.3, 0.4) is 0 Å².